The van der Waals surface area contributed by atoms with Crippen molar-refractivity contribution in [2.75, 3.05) is 14.7 Å². The summed E-state index contributed by atoms with van der Waals surface area (Å²) in [5.74, 6) is 0. The lowest BCUT2D eigenvalue weighted by atomic mass is 9.33. The smallest absolute Gasteiger partial charge is 0.252 e. The van der Waals surface area contributed by atoms with Gasteiger partial charge in [-0.2, -0.15) is 0 Å². The highest BCUT2D eigenvalue weighted by molar-refractivity contribution is 7.00. The summed E-state index contributed by atoms with van der Waals surface area (Å²) in [4.78, 5) is 7.89. The molecule has 1 unspecified atom stereocenters. The summed E-state index contributed by atoms with van der Waals surface area (Å²) >= 11 is 0. The monoisotopic (exact) mass is 809 g/mol. The van der Waals surface area contributed by atoms with Crippen LogP contribution in [0.2, 0.25) is 0 Å². The molecular weight excluding hydrogens is 761 g/mol. The van der Waals surface area contributed by atoms with Crippen molar-refractivity contribution in [3.63, 3.8) is 0 Å². The summed E-state index contributed by atoms with van der Waals surface area (Å²) in [6, 6.07) is 70.7. The van der Waals surface area contributed by atoms with E-state index in [1.807, 2.05) is 0 Å². The van der Waals surface area contributed by atoms with Crippen molar-refractivity contribution in [3.8, 4) is 11.1 Å². The Morgan fingerprint density at radius 2 is 1.24 bits per heavy atom. The third kappa shape index (κ3) is 5.15. The first-order chi connectivity index (χ1) is 30.9. The van der Waals surface area contributed by atoms with Crippen LogP contribution < -0.4 is 31.1 Å². The molecule has 4 heteroatoms. The molecule has 9 aromatic rings. The summed E-state index contributed by atoms with van der Waals surface area (Å²) in [5, 5.41) is 4.94. The van der Waals surface area contributed by atoms with Gasteiger partial charge in [0.15, 0.2) is 0 Å². The molecule has 0 amide bonds. The van der Waals surface area contributed by atoms with Gasteiger partial charge in [0.2, 0.25) is 0 Å². The standard InChI is InChI=1S/C59H48BN3/c1-39-34-54-56-55(35-39)63-57-49(58(2)32-11-12-33-59(58,63)3)25-15-26-51(57)60(56)50-31-30-47(38-53(50)62(54)45-21-5-4-6-22-45)61(52-27-14-19-41-17-9-10-24-48(41)52)46-23-13-20-43(37-46)44-29-28-40-16-7-8-18-42(40)36-44/h4-10,13-31,34-38H,11-12,32-33H2,1-3H3/t58?,59-/m1/s1. The van der Waals surface area contributed by atoms with E-state index >= 15 is 0 Å². The minimum Gasteiger partial charge on any atom is -0.335 e. The van der Waals surface area contributed by atoms with Gasteiger partial charge in [-0.15, -0.1) is 0 Å². The third-order valence-corrected chi connectivity index (χ3v) is 15.6. The fourth-order valence-electron chi connectivity index (χ4n) is 12.4. The average molecular weight is 810 g/mol. The van der Waals surface area contributed by atoms with E-state index in [4.69, 9.17) is 0 Å². The fraction of sp³-hybridized carbons (Fsp3) is 0.153. The molecule has 1 fully saturated rings. The predicted molar refractivity (Wildman–Crippen MR) is 268 cm³/mol. The van der Waals surface area contributed by atoms with Crippen LogP contribution in [0.25, 0.3) is 32.7 Å². The number of nitrogens with zero attached hydrogens (tertiary/aromatic N) is 3. The molecule has 13 rings (SSSR count). The molecule has 0 aromatic heterocycles. The molecule has 3 heterocycles. The Hall–Kier alpha value is -7.04. The van der Waals surface area contributed by atoms with Crippen molar-refractivity contribution < 1.29 is 0 Å². The second-order valence-corrected chi connectivity index (χ2v) is 18.9. The van der Waals surface area contributed by atoms with E-state index in [-0.39, 0.29) is 17.7 Å². The zero-order chi connectivity index (χ0) is 42.0. The Morgan fingerprint density at radius 1 is 0.524 bits per heavy atom. The zero-order valence-electron chi connectivity index (χ0n) is 36.1. The van der Waals surface area contributed by atoms with Gasteiger partial charge in [-0.1, -0.05) is 147 Å². The topological polar surface area (TPSA) is 9.72 Å². The number of rotatable bonds is 5. The highest BCUT2D eigenvalue weighted by atomic mass is 15.3. The summed E-state index contributed by atoms with van der Waals surface area (Å²) in [7, 11) is 0. The van der Waals surface area contributed by atoms with Crippen LogP contribution in [0.4, 0.5) is 45.5 Å². The normalized spacial score (nSPS) is 19.1. The first-order valence-electron chi connectivity index (χ1n) is 22.8. The van der Waals surface area contributed by atoms with Crippen molar-refractivity contribution in [1.29, 1.82) is 0 Å². The van der Waals surface area contributed by atoms with Crippen molar-refractivity contribution in [2.24, 2.45) is 0 Å². The maximum absolute atomic E-state index is 2.83. The van der Waals surface area contributed by atoms with E-state index in [0.29, 0.717) is 0 Å². The average Bonchev–Trinajstić information content (AvgIpc) is 3.54. The Balaban J connectivity index is 1.06. The fourth-order valence-corrected chi connectivity index (χ4v) is 12.4. The van der Waals surface area contributed by atoms with Crippen LogP contribution >= 0.6 is 0 Å². The van der Waals surface area contributed by atoms with Gasteiger partial charge in [-0.3, -0.25) is 0 Å². The minimum atomic E-state index is -0.00171. The van der Waals surface area contributed by atoms with Gasteiger partial charge in [-0.25, -0.2) is 0 Å². The SMILES string of the molecule is Cc1cc2c3c(c1)N1c4c(cccc4C4(C)CCCC[C@@]14C)B3c1ccc(N(c3cccc(-c4ccc5ccccc5c4)c3)c3cccc4ccccc34)cc1N2c1ccccc1. The van der Waals surface area contributed by atoms with Crippen molar-refractivity contribution in [3.05, 3.63) is 199 Å². The van der Waals surface area contributed by atoms with E-state index in [1.54, 1.807) is 0 Å². The van der Waals surface area contributed by atoms with Crippen LogP contribution in [0.1, 0.15) is 50.7 Å². The zero-order valence-corrected chi connectivity index (χ0v) is 36.1. The van der Waals surface area contributed by atoms with Crippen molar-refractivity contribution in [1.82, 2.24) is 0 Å². The second kappa shape index (κ2) is 13.5. The summed E-state index contributed by atoms with van der Waals surface area (Å²) in [6.45, 7) is 7.53. The molecule has 1 aliphatic carbocycles. The molecule has 9 aromatic carbocycles. The van der Waals surface area contributed by atoms with Gasteiger partial charge in [0, 0.05) is 50.6 Å². The van der Waals surface area contributed by atoms with E-state index < -0.39 is 0 Å². The van der Waals surface area contributed by atoms with Gasteiger partial charge in [-0.05, 0) is 142 Å². The van der Waals surface area contributed by atoms with Crippen LogP contribution in [0.3, 0.4) is 0 Å². The first kappa shape index (κ1) is 36.6. The lowest BCUT2D eigenvalue weighted by Crippen LogP contribution is -2.64. The number of hydrogen-bond donors (Lipinski definition) is 0. The molecule has 4 aliphatic rings. The highest BCUT2D eigenvalue weighted by Crippen LogP contribution is 2.61. The molecule has 1 saturated carbocycles. The summed E-state index contributed by atoms with van der Waals surface area (Å²) in [5.41, 5.74) is 19.5. The highest BCUT2D eigenvalue weighted by Gasteiger charge is 2.61. The Bertz CT molecular complexity index is 3330. The summed E-state index contributed by atoms with van der Waals surface area (Å²) < 4.78 is 0. The van der Waals surface area contributed by atoms with E-state index in [9.17, 15) is 0 Å². The first-order valence-corrected chi connectivity index (χ1v) is 22.8. The largest absolute Gasteiger partial charge is 0.335 e. The molecule has 63 heavy (non-hydrogen) atoms. The lowest BCUT2D eigenvalue weighted by Gasteiger charge is -2.52. The van der Waals surface area contributed by atoms with Crippen LogP contribution in [-0.2, 0) is 5.41 Å². The Labute approximate surface area is 371 Å². The van der Waals surface area contributed by atoms with Gasteiger partial charge >= 0.3 is 0 Å². The number of benzene rings is 9. The number of hydrogen-bond acceptors (Lipinski definition) is 3. The van der Waals surface area contributed by atoms with Crippen LogP contribution in [0, 0.1) is 6.92 Å². The van der Waals surface area contributed by atoms with Gasteiger partial charge in [0.1, 0.15) is 0 Å². The Morgan fingerprint density at radius 3 is 2.13 bits per heavy atom. The van der Waals surface area contributed by atoms with Crippen LogP contribution in [0.15, 0.2) is 188 Å². The molecule has 3 nitrogen and oxygen atoms in total. The van der Waals surface area contributed by atoms with E-state index in [2.05, 4.69) is 224 Å². The van der Waals surface area contributed by atoms with Crippen LogP contribution in [-0.4, -0.2) is 12.3 Å². The Kier molecular flexibility index (Phi) is 7.83. The number of anilines is 8. The van der Waals surface area contributed by atoms with Gasteiger partial charge in [0.25, 0.3) is 6.71 Å². The molecule has 3 aliphatic heterocycles. The molecule has 0 spiro atoms. The predicted octanol–water partition coefficient (Wildman–Crippen LogP) is 13.8. The van der Waals surface area contributed by atoms with Crippen molar-refractivity contribution >= 4 is 90.1 Å². The summed E-state index contributed by atoms with van der Waals surface area (Å²) in [6.07, 6.45) is 4.96. The second-order valence-electron chi connectivity index (χ2n) is 18.9. The minimum absolute atomic E-state index is 0.00171. The lowest BCUT2D eigenvalue weighted by molar-refractivity contribution is 0.195. The van der Waals surface area contributed by atoms with Crippen LogP contribution in [0.5, 0.6) is 0 Å². The third-order valence-electron chi connectivity index (χ3n) is 15.6. The van der Waals surface area contributed by atoms with Gasteiger partial charge in [0.05, 0.1) is 11.2 Å². The van der Waals surface area contributed by atoms with Crippen molar-refractivity contribution in [2.45, 2.75) is 57.4 Å². The molecule has 0 saturated heterocycles. The quantitative estimate of drug-likeness (QED) is 0.160. The number of aryl methyl sites for hydroxylation is 1. The molecule has 302 valence electrons. The molecule has 0 N–H and O–H groups in total. The molecular formula is C59H48BN3. The van der Waals surface area contributed by atoms with E-state index in [0.717, 1.165) is 17.1 Å². The number of fused-ring (bicyclic) bond motifs is 9. The maximum Gasteiger partial charge on any atom is 0.252 e. The molecule has 0 bridgehead atoms. The molecule has 2 atom stereocenters. The maximum atomic E-state index is 2.83. The van der Waals surface area contributed by atoms with E-state index in [1.165, 1.54) is 114 Å². The van der Waals surface area contributed by atoms with Gasteiger partial charge < -0.3 is 14.7 Å². The number of para-hydroxylation sites is 2. The molecule has 0 radical (unpaired) electrons.